The average Bonchev–Trinajstić information content (AvgIpc) is 2.87. The lowest BCUT2D eigenvalue weighted by atomic mass is 10.2. The molecule has 1 unspecified atom stereocenters. The van der Waals surface area contributed by atoms with Crippen LogP contribution in [0.4, 0.5) is 5.82 Å². The minimum absolute atomic E-state index is 0.541. The third-order valence-corrected chi connectivity index (χ3v) is 3.45. The zero-order valence-corrected chi connectivity index (χ0v) is 9.71. The zero-order chi connectivity index (χ0) is 11.0. The second kappa shape index (κ2) is 4.01. The van der Waals surface area contributed by atoms with Gasteiger partial charge in [0.15, 0.2) is 0 Å². The van der Waals surface area contributed by atoms with E-state index in [0.29, 0.717) is 6.04 Å². The summed E-state index contributed by atoms with van der Waals surface area (Å²) in [4.78, 5) is 9.08. The van der Waals surface area contributed by atoms with Gasteiger partial charge < -0.3 is 10.6 Å². The van der Waals surface area contributed by atoms with Gasteiger partial charge in [-0.2, -0.15) is 0 Å². The fourth-order valence-electron chi connectivity index (χ4n) is 2.65. The smallest absolute Gasteiger partial charge is 0.133 e. The molecule has 1 saturated heterocycles. The molecule has 1 fully saturated rings. The van der Waals surface area contributed by atoms with Gasteiger partial charge in [-0.1, -0.05) is 0 Å². The first-order valence-corrected chi connectivity index (χ1v) is 6.16. The maximum atomic E-state index is 4.56. The molecule has 2 heterocycles. The highest BCUT2D eigenvalue weighted by atomic mass is 15.1. The topological polar surface area (TPSA) is 49.8 Å². The van der Waals surface area contributed by atoms with Crippen molar-refractivity contribution in [3.8, 4) is 0 Å². The van der Waals surface area contributed by atoms with E-state index in [1.54, 1.807) is 0 Å². The molecule has 1 aromatic rings. The summed E-state index contributed by atoms with van der Waals surface area (Å²) >= 11 is 0. The van der Waals surface area contributed by atoms with E-state index in [0.717, 1.165) is 37.6 Å². The standard InChI is InChI=1S/C12H18N4/c1-8-14-11-4-2-3-10(11)12(15-8)16-9-5-6-13-7-9/h9,13H,2-7H2,1H3,(H,14,15,16). The van der Waals surface area contributed by atoms with Gasteiger partial charge in [0, 0.05) is 23.8 Å². The van der Waals surface area contributed by atoms with Gasteiger partial charge in [0.25, 0.3) is 0 Å². The summed E-state index contributed by atoms with van der Waals surface area (Å²) in [5.74, 6) is 1.99. The molecule has 2 N–H and O–H groups in total. The number of fused-ring (bicyclic) bond motifs is 1. The van der Waals surface area contributed by atoms with Crippen LogP contribution in [0.15, 0.2) is 0 Å². The Balaban J connectivity index is 1.87. The van der Waals surface area contributed by atoms with Crippen molar-refractivity contribution in [2.24, 2.45) is 0 Å². The van der Waals surface area contributed by atoms with Gasteiger partial charge in [-0.15, -0.1) is 0 Å². The molecule has 1 aromatic heterocycles. The fraction of sp³-hybridized carbons (Fsp3) is 0.667. The van der Waals surface area contributed by atoms with Gasteiger partial charge in [0.2, 0.25) is 0 Å². The molecule has 1 aliphatic heterocycles. The van der Waals surface area contributed by atoms with Crippen LogP contribution < -0.4 is 10.6 Å². The third-order valence-electron chi connectivity index (χ3n) is 3.45. The lowest BCUT2D eigenvalue weighted by Gasteiger charge is -2.15. The van der Waals surface area contributed by atoms with E-state index in [9.17, 15) is 0 Å². The third kappa shape index (κ3) is 1.78. The SMILES string of the molecule is Cc1nc2c(c(NC3CCNC3)n1)CCC2. The molecular weight excluding hydrogens is 200 g/mol. The lowest BCUT2D eigenvalue weighted by molar-refractivity contribution is 0.781. The van der Waals surface area contributed by atoms with Crippen molar-refractivity contribution in [1.29, 1.82) is 0 Å². The minimum atomic E-state index is 0.541. The summed E-state index contributed by atoms with van der Waals surface area (Å²) in [6.45, 7) is 4.15. The Morgan fingerprint density at radius 1 is 1.31 bits per heavy atom. The Hall–Kier alpha value is -1.16. The lowest BCUT2D eigenvalue weighted by Crippen LogP contribution is -2.24. The van der Waals surface area contributed by atoms with E-state index in [1.165, 1.54) is 24.1 Å². The van der Waals surface area contributed by atoms with Crippen LogP contribution in [-0.4, -0.2) is 29.1 Å². The van der Waals surface area contributed by atoms with Gasteiger partial charge in [-0.05, 0) is 39.2 Å². The largest absolute Gasteiger partial charge is 0.366 e. The predicted octanol–water partition coefficient (Wildman–Crippen LogP) is 1.05. The Bertz CT molecular complexity index is 396. The van der Waals surface area contributed by atoms with Gasteiger partial charge in [0.1, 0.15) is 11.6 Å². The molecule has 1 aliphatic carbocycles. The van der Waals surface area contributed by atoms with Crippen molar-refractivity contribution < 1.29 is 0 Å². The van der Waals surface area contributed by atoms with Crippen LogP contribution in [0, 0.1) is 6.92 Å². The first kappa shape index (κ1) is 10.0. The Morgan fingerprint density at radius 2 is 2.25 bits per heavy atom. The van der Waals surface area contributed by atoms with E-state index < -0.39 is 0 Å². The molecule has 0 saturated carbocycles. The second-order valence-corrected chi connectivity index (χ2v) is 4.73. The van der Waals surface area contributed by atoms with Crippen molar-refractivity contribution in [1.82, 2.24) is 15.3 Å². The van der Waals surface area contributed by atoms with Crippen molar-refractivity contribution in [2.45, 2.75) is 38.6 Å². The number of hydrogen-bond donors (Lipinski definition) is 2. The number of aromatic nitrogens is 2. The number of nitrogens with zero attached hydrogens (tertiary/aromatic N) is 2. The molecule has 4 nitrogen and oxygen atoms in total. The molecule has 4 heteroatoms. The van der Waals surface area contributed by atoms with Gasteiger partial charge >= 0.3 is 0 Å². The Kier molecular flexibility index (Phi) is 2.52. The van der Waals surface area contributed by atoms with Gasteiger partial charge in [0.05, 0.1) is 0 Å². The summed E-state index contributed by atoms with van der Waals surface area (Å²) in [7, 11) is 0. The summed E-state index contributed by atoms with van der Waals surface area (Å²) in [5, 5.41) is 6.94. The highest BCUT2D eigenvalue weighted by Crippen LogP contribution is 2.26. The van der Waals surface area contributed by atoms with Crippen LogP contribution in [0.3, 0.4) is 0 Å². The van der Waals surface area contributed by atoms with Crippen LogP contribution in [-0.2, 0) is 12.8 Å². The van der Waals surface area contributed by atoms with Crippen LogP contribution in [0.25, 0.3) is 0 Å². The van der Waals surface area contributed by atoms with Gasteiger partial charge in [-0.3, -0.25) is 0 Å². The first-order chi connectivity index (χ1) is 7.83. The van der Waals surface area contributed by atoms with Crippen LogP contribution in [0.5, 0.6) is 0 Å². The van der Waals surface area contributed by atoms with Crippen molar-refractivity contribution in [3.63, 3.8) is 0 Å². The Labute approximate surface area is 95.9 Å². The molecular formula is C12H18N4. The maximum absolute atomic E-state index is 4.56. The summed E-state index contributed by atoms with van der Waals surface area (Å²) < 4.78 is 0. The van der Waals surface area contributed by atoms with Crippen LogP contribution in [0.1, 0.15) is 29.9 Å². The number of rotatable bonds is 2. The minimum Gasteiger partial charge on any atom is -0.366 e. The molecule has 3 rings (SSSR count). The summed E-state index contributed by atoms with van der Waals surface area (Å²) in [6.07, 6.45) is 4.68. The van der Waals surface area contributed by atoms with Gasteiger partial charge in [-0.25, -0.2) is 9.97 Å². The number of anilines is 1. The van der Waals surface area contributed by atoms with E-state index in [-0.39, 0.29) is 0 Å². The van der Waals surface area contributed by atoms with E-state index in [1.807, 2.05) is 6.92 Å². The molecule has 0 radical (unpaired) electrons. The first-order valence-electron chi connectivity index (χ1n) is 6.16. The molecule has 0 bridgehead atoms. The summed E-state index contributed by atoms with van der Waals surface area (Å²) in [6, 6.07) is 0.541. The highest BCUT2D eigenvalue weighted by molar-refractivity contribution is 5.49. The molecule has 86 valence electrons. The van der Waals surface area contributed by atoms with Crippen molar-refractivity contribution in [3.05, 3.63) is 17.1 Å². The molecule has 0 aromatic carbocycles. The van der Waals surface area contributed by atoms with Crippen molar-refractivity contribution >= 4 is 5.82 Å². The summed E-state index contributed by atoms with van der Waals surface area (Å²) in [5.41, 5.74) is 2.62. The Morgan fingerprint density at radius 3 is 3.06 bits per heavy atom. The quantitative estimate of drug-likeness (QED) is 0.779. The second-order valence-electron chi connectivity index (χ2n) is 4.73. The molecule has 1 atom stereocenters. The normalized spacial score (nSPS) is 23.4. The molecule has 0 spiro atoms. The fourth-order valence-corrected chi connectivity index (χ4v) is 2.65. The van der Waals surface area contributed by atoms with Crippen molar-refractivity contribution in [2.75, 3.05) is 18.4 Å². The van der Waals surface area contributed by atoms with E-state index in [4.69, 9.17) is 0 Å². The van der Waals surface area contributed by atoms with Crippen LogP contribution >= 0.6 is 0 Å². The molecule has 2 aliphatic rings. The average molecular weight is 218 g/mol. The molecule has 16 heavy (non-hydrogen) atoms. The predicted molar refractivity (Wildman–Crippen MR) is 63.7 cm³/mol. The monoisotopic (exact) mass is 218 g/mol. The van der Waals surface area contributed by atoms with E-state index in [2.05, 4.69) is 20.6 Å². The zero-order valence-electron chi connectivity index (χ0n) is 9.71. The van der Waals surface area contributed by atoms with Crippen LogP contribution in [0.2, 0.25) is 0 Å². The highest BCUT2D eigenvalue weighted by Gasteiger charge is 2.21. The number of hydrogen-bond acceptors (Lipinski definition) is 4. The number of nitrogens with one attached hydrogen (secondary N) is 2. The maximum Gasteiger partial charge on any atom is 0.133 e. The van der Waals surface area contributed by atoms with E-state index >= 15 is 0 Å². The molecule has 0 amide bonds. The number of aryl methyl sites for hydroxylation is 2.